The molecule has 1 heterocycles. The van der Waals surface area contributed by atoms with Crippen molar-refractivity contribution >= 4 is 17.7 Å². The Morgan fingerprint density at radius 2 is 2.11 bits per heavy atom. The number of nitrogens with zero attached hydrogens (tertiary/aromatic N) is 1. The van der Waals surface area contributed by atoms with Gasteiger partial charge in [-0.15, -0.1) is 0 Å². The lowest BCUT2D eigenvalue weighted by molar-refractivity contribution is -0.137. The molecule has 2 amide bonds. The second-order valence-electron chi connectivity index (χ2n) is 4.93. The third-order valence-corrected chi connectivity index (χ3v) is 3.34. The maximum Gasteiger partial charge on any atom is 0.321 e. The molecule has 0 aromatic heterocycles. The van der Waals surface area contributed by atoms with Crippen LogP contribution < -0.4 is 10.2 Å². The van der Waals surface area contributed by atoms with Crippen molar-refractivity contribution in [3.63, 3.8) is 0 Å². The maximum absolute atomic E-state index is 11.9. The second-order valence-corrected chi connectivity index (χ2v) is 4.93. The van der Waals surface area contributed by atoms with E-state index in [1.807, 2.05) is 31.2 Å². The summed E-state index contributed by atoms with van der Waals surface area (Å²) in [6.45, 7) is 3.12. The van der Waals surface area contributed by atoms with Crippen LogP contribution in [0, 0.1) is 12.8 Å². The van der Waals surface area contributed by atoms with Crippen molar-refractivity contribution < 1.29 is 14.7 Å². The van der Waals surface area contributed by atoms with Crippen LogP contribution in [0.3, 0.4) is 0 Å². The molecule has 102 valence electrons. The first-order chi connectivity index (χ1) is 9.06. The summed E-state index contributed by atoms with van der Waals surface area (Å²) in [5.41, 5.74) is 1.99. The van der Waals surface area contributed by atoms with Crippen LogP contribution in [-0.2, 0) is 4.79 Å². The van der Waals surface area contributed by atoms with E-state index in [9.17, 15) is 9.59 Å². The largest absolute Gasteiger partial charge is 0.481 e. The summed E-state index contributed by atoms with van der Waals surface area (Å²) in [5.74, 6) is -0.617. The van der Waals surface area contributed by atoms with Crippen LogP contribution in [0.25, 0.3) is 0 Å². The summed E-state index contributed by atoms with van der Waals surface area (Å²) in [7, 11) is 0. The predicted octanol–water partition coefficient (Wildman–Crippen LogP) is 2.01. The van der Waals surface area contributed by atoms with Gasteiger partial charge in [0.2, 0.25) is 0 Å². The molecule has 1 aromatic rings. The molecule has 1 fully saturated rings. The van der Waals surface area contributed by atoms with Gasteiger partial charge >= 0.3 is 12.0 Å². The van der Waals surface area contributed by atoms with Gasteiger partial charge in [-0.25, -0.2) is 4.79 Å². The number of amides is 2. The minimum atomic E-state index is -0.793. The molecule has 0 spiro atoms. The summed E-state index contributed by atoms with van der Waals surface area (Å²) >= 11 is 0. The molecule has 5 nitrogen and oxygen atoms in total. The first-order valence-electron chi connectivity index (χ1n) is 6.40. The van der Waals surface area contributed by atoms with E-state index < -0.39 is 5.97 Å². The van der Waals surface area contributed by atoms with Crippen molar-refractivity contribution in [1.29, 1.82) is 0 Å². The normalized spacial score (nSPS) is 19.1. The van der Waals surface area contributed by atoms with Crippen molar-refractivity contribution in [3.05, 3.63) is 29.8 Å². The standard InChI is InChI=1S/C14H18N2O3/c1-10-2-5-12(6-3-10)16-9-11(4-7-13(17)18)8-15-14(16)19/h2-3,5-6,11H,4,7-9H2,1H3,(H,15,19)(H,17,18). The minimum absolute atomic E-state index is 0.115. The van der Waals surface area contributed by atoms with Gasteiger partial charge in [0.05, 0.1) is 0 Å². The fourth-order valence-electron chi connectivity index (χ4n) is 2.20. The summed E-state index contributed by atoms with van der Waals surface area (Å²) < 4.78 is 0. The van der Waals surface area contributed by atoms with Gasteiger partial charge in [0.25, 0.3) is 0 Å². The molecular weight excluding hydrogens is 244 g/mol. The highest BCUT2D eigenvalue weighted by Crippen LogP contribution is 2.21. The van der Waals surface area contributed by atoms with Crippen LogP contribution >= 0.6 is 0 Å². The van der Waals surface area contributed by atoms with E-state index in [0.717, 1.165) is 11.3 Å². The van der Waals surface area contributed by atoms with E-state index in [1.54, 1.807) is 4.90 Å². The first-order valence-corrected chi connectivity index (χ1v) is 6.40. The van der Waals surface area contributed by atoms with Crippen molar-refractivity contribution in [3.8, 4) is 0 Å². The lowest BCUT2D eigenvalue weighted by atomic mass is 10.0. The molecule has 2 N–H and O–H groups in total. The van der Waals surface area contributed by atoms with Crippen LogP contribution in [0.2, 0.25) is 0 Å². The van der Waals surface area contributed by atoms with Gasteiger partial charge < -0.3 is 10.4 Å². The molecule has 19 heavy (non-hydrogen) atoms. The number of rotatable bonds is 4. The average molecular weight is 262 g/mol. The number of hydrogen-bond acceptors (Lipinski definition) is 2. The number of carboxylic acid groups (broad SMARTS) is 1. The molecule has 2 rings (SSSR count). The first kappa shape index (κ1) is 13.4. The van der Waals surface area contributed by atoms with Crippen molar-refractivity contribution in [2.24, 2.45) is 5.92 Å². The Kier molecular flexibility index (Phi) is 4.04. The molecule has 1 saturated heterocycles. The number of urea groups is 1. The number of aliphatic carboxylic acids is 1. The Balaban J connectivity index is 2.04. The zero-order valence-electron chi connectivity index (χ0n) is 10.9. The molecule has 5 heteroatoms. The van der Waals surface area contributed by atoms with Gasteiger partial charge in [-0.2, -0.15) is 0 Å². The van der Waals surface area contributed by atoms with Crippen LogP contribution in [0.4, 0.5) is 10.5 Å². The topological polar surface area (TPSA) is 69.6 Å². The van der Waals surface area contributed by atoms with Gasteiger partial charge in [0.1, 0.15) is 0 Å². The Morgan fingerprint density at radius 1 is 1.42 bits per heavy atom. The zero-order valence-corrected chi connectivity index (χ0v) is 10.9. The summed E-state index contributed by atoms with van der Waals surface area (Å²) in [6.07, 6.45) is 0.722. The molecule has 1 aliphatic heterocycles. The lowest BCUT2D eigenvalue weighted by Gasteiger charge is -2.33. The van der Waals surface area contributed by atoms with Gasteiger partial charge in [0, 0.05) is 25.2 Å². The summed E-state index contributed by atoms with van der Waals surface area (Å²) in [6, 6.07) is 7.63. The van der Waals surface area contributed by atoms with E-state index >= 15 is 0 Å². The Labute approximate surface area is 112 Å². The Morgan fingerprint density at radius 3 is 2.74 bits per heavy atom. The van der Waals surface area contributed by atoms with E-state index in [2.05, 4.69) is 5.32 Å². The lowest BCUT2D eigenvalue weighted by Crippen LogP contribution is -2.51. The molecule has 0 radical (unpaired) electrons. The van der Waals surface area contributed by atoms with E-state index in [-0.39, 0.29) is 18.4 Å². The third-order valence-electron chi connectivity index (χ3n) is 3.34. The third kappa shape index (κ3) is 3.47. The smallest absolute Gasteiger partial charge is 0.321 e. The van der Waals surface area contributed by atoms with Crippen LogP contribution in [0.1, 0.15) is 18.4 Å². The highest BCUT2D eigenvalue weighted by atomic mass is 16.4. The van der Waals surface area contributed by atoms with Crippen molar-refractivity contribution in [2.45, 2.75) is 19.8 Å². The number of benzene rings is 1. The average Bonchev–Trinajstić information content (AvgIpc) is 2.39. The predicted molar refractivity (Wildman–Crippen MR) is 72.3 cm³/mol. The highest BCUT2D eigenvalue weighted by Gasteiger charge is 2.26. The van der Waals surface area contributed by atoms with Crippen molar-refractivity contribution in [2.75, 3.05) is 18.0 Å². The number of anilines is 1. The summed E-state index contributed by atoms with van der Waals surface area (Å²) in [5, 5.41) is 11.5. The van der Waals surface area contributed by atoms with Gasteiger partial charge in [0.15, 0.2) is 0 Å². The SMILES string of the molecule is Cc1ccc(N2CC(CCC(=O)O)CNC2=O)cc1. The van der Waals surface area contributed by atoms with Crippen molar-refractivity contribution in [1.82, 2.24) is 5.32 Å². The van der Waals surface area contributed by atoms with E-state index in [0.29, 0.717) is 19.5 Å². The van der Waals surface area contributed by atoms with Gasteiger partial charge in [-0.3, -0.25) is 9.69 Å². The number of carboxylic acids is 1. The quantitative estimate of drug-likeness (QED) is 0.872. The number of hydrogen-bond donors (Lipinski definition) is 2. The van der Waals surface area contributed by atoms with Gasteiger partial charge in [-0.1, -0.05) is 17.7 Å². The molecule has 1 unspecified atom stereocenters. The highest BCUT2D eigenvalue weighted by molar-refractivity contribution is 5.92. The fraction of sp³-hybridized carbons (Fsp3) is 0.429. The van der Waals surface area contributed by atoms with Crippen LogP contribution in [-0.4, -0.2) is 30.2 Å². The summed E-state index contributed by atoms with van der Waals surface area (Å²) in [4.78, 5) is 24.1. The van der Waals surface area contributed by atoms with E-state index in [4.69, 9.17) is 5.11 Å². The van der Waals surface area contributed by atoms with Gasteiger partial charge in [-0.05, 0) is 31.4 Å². The monoisotopic (exact) mass is 262 g/mol. The molecule has 1 aliphatic rings. The maximum atomic E-state index is 11.9. The number of aryl methyl sites for hydroxylation is 1. The molecule has 0 aliphatic carbocycles. The van der Waals surface area contributed by atoms with Crippen LogP contribution in [0.15, 0.2) is 24.3 Å². The number of nitrogens with one attached hydrogen (secondary N) is 1. The molecule has 1 aromatic carbocycles. The minimum Gasteiger partial charge on any atom is -0.481 e. The molecule has 0 bridgehead atoms. The van der Waals surface area contributed by atoms with E-state index in [1.165, 1.54) is 0 Å². The second kappa shape index (κ2) is 5.73. The Bertz CT molecular complexity index is 470. The fourth-order valence-corrected chi connectivity index (χ4v) is 2.20. The number of carbonyl (C=O) groups excluding carboxylic acids is 1. The van der Waals surface area contributed by atoms with Crippen LogP contribution in [0.5, 0.6) is 0 Å². The molecule has 0 saturated carbocycles. The Hall–Kier alpha value is -2.04. The molecule has 1 atom stereocenters. The zero-order chi connectivity index (χ0) is 13.8. The number of carbonyl (C=O) groups is 2. The molecular formula is C14H18N2O3.